The molecule has 1 aliphatic rings. The maximum atomic E-state index is 15.3. The van der Waals surface area contributed by atoms with Crippen molar-refractivity contribution in [2.75, 3.05) is 6.61 Å². The van der Waals surface area contributed by atoms with Gasteiger partial charge in [-0.25, -0.2) is 27.5 Å². The average Bonchev–Trinajstić information content (AvgIpc) is 2.80. The molecule has 32 heavy (non-hydrogen) atoms. The van der Waals surface area contributed by atoms with Crippen LogP contribution in [0, 0.1) is 24.0 Å². The predicted octanol–water partition coefficient (Wildman–Crippen LogP) is 1.16. The van der Waals surface area contributed by atoms with Crippen LogP contribution in [0.15, 0.2) is 12.3 Å². The van der Waals surface area contributed by atoms with Gasteiger partial charge in [0.15, 0.2) is 12.3 Å². The van der Waals surface area contributed by atoms with E-state index in [1.807, 2.05) is 0 Å². The fourth-order valence-electron chi connectivity index (χ4n) is 2.46. The number of phosphoric ester groups is 1. The van der Waals surface area contributed by atoms with Gasteiger partial charge in [-0.15, -0.1) is 6.42 Å². The maximum Gasteiger partial charge on any atom is 0.490 e. The van der Waals surface area contributed by atoms with Gasteiger partial charge in [-0.05, 0) is 25.2 Å². The highest BCUT2D eigenvalue weighted by molar-refractivity contribution is 7.71. The number of phosphoric acid groups is 3. The van der Waals surface area contributed by atoms with Crippen molar-refractivity contribution < 1.29 is 65.0 Å². The SMILES string of the molecule is C#CC1(F)C(n2ccc(C)nc2=S)OC(F)(COP(=O)(O)OP(=O)(O)OP(=O)(O)O)C1O. The first-order chi connectivity index (χ1) is 14.3. The van der Waals surface area contributed by atoms with Crippen LogP contribution in [0.2, 0.25) is 0 Å². The highest BCUT2D eigenvalue weighted by Gasteiger charge is 2.67. The van der Waals surface area contributed by atoms with Crippen molar-refractivity contribution in [2.45, 2.75) is 30.8 Å². The van der Waals surface area contributed by atoms with Crippen LogP contribution in [0.5, 0.6) is 0 Å². The molecule has 20 heteroatoms. The van der Waals surface area contributed by atoms with Crippen LogP contribution in [0.4, 0.5) is 8.78 Å². The Labute approximate surface area is 183 Å². The zero-order valence-electron chi connectivity index (χ0n) is 15.6. The second-order valence-corrected chi connectivity index (χ2v) is 11.0. The van der Waals surface area contributed by atoms with Gasteiger partial charge in [0.1, 0.15) is 6.61 Å². The Bertz CT molecular complexity index is 1140. The molecule has 180 valence electrons. The number of terminal acetylenes is 1. The molecule has 1 aromatic rings. The summed E-state index contributed by atoms with van der Waals surface area (Å²) in [6, 6.07) is 1.33. The van der Waals surface area contributed by atoms with Gasteiger partial charge in [0.2, 0.25) is 10.4 Å². The number of hydrogen-bond donors (Lipinski definition) is 5. The average molecular weight is 542 g/mol. The third-order valence-corrected chi connectivity index (χ3v) is 7.84. The van der Waals surface area contributed by atoms with Gasteiger partial charge in [-0.1, -0.05) is 5.92 Å². The van der Waals surface area contributed by atoms with E-state index in [0.29, 0.717) is 5.69 Å². The number of aromatic nitrogens is 2. The predicted molar refractivity (Wildman–Crippen MR) is 100 cm³/mol. The molecule has 0 aromatic carbocycles. The van der Waals surface area contributed by atoms with E-state index in [4.69, 9.17) is 38.1 Å². The van der Waals surface area contributed by atoms with Gasteiger partial charge in [-0.3, -0.25) is 9.09 Å². The normalized spacial score (nSPS) is 32.1. The number of alkyl halides is 2. The number of halogens is 2. The first-order valence-corrected chi connectivity index (χ1v) is 12.8. The number of hydrogen-bond acceptors (Lipinski definition) is 10. The van der Waals surface area contributed by atoms with E-state index in [1.165, 1.54) is 18.9 Å². The summed E-state index contributed by atoms with van der Waals surface area (Å²) in [5.41, 5.74) is -2.90. The third-order valence-electron chi connectivity index (χ3n) is 3.76. The molecule has 1 fully saturated rings. The maximum absolute atomic E-state index is 15.3. The summed E-state index contributed by atoms with van der Waals surface area (Å²) in [7, 11) is -17.4. The Morgan fingerprint density at radius 1 is 1.28 bits per heavy atom. The van der Waals surface area contributed by atoms with Crippen molar-refractivity contribution in [2.24, 2.45) is 0 Å². The van der Waals surface area contributed by atoms with Gasteiger partial charge in [-0.2, -0.15) is 8.62 Å². The molecule has 1 aliphatic heterocycles. The minimum Gasteiger partial charge on any atom is -0.383 e. The zero-order chi connectivity index (χ0) is 24.8. The monoisotopic (exact) mass is 542 g/mol. The van der Waals surface area contributed by atoms with Gasteiger partial charge in [0.25, 0.3) is 5.85 Å². The fourth-order valence-corrected chi connectivity index (χ4v) is 5.79. The molecule has 1 saturated heterocycles. The molecule has 1 aromatic heterocycles. The van der Waals surface area contributed by atoms with Crippen LogP contribution in [0.25, 0.3) is 0 Å². The first-order valence-electron chi connectivity index (χ1n) is 7.90. The first kappa shape index (κ1) is 27.3. The lowest BCUT2D eigenvalue weighted by Gasteiger charge is -2.25. The smallest absolute Gasteiger partial charge is 0.383 e. The summed E-state index contributed by atoms with van der Waals surface area (Å²) >= 11 is 4.93. The molecular weight excluding hydrogens is 527 g/mol. The lowest BCUT2D eigenvalue weighted by molar-refractivity contribution is -0.204. The van der Waals surface area contributed by atoms with Crippen LogP contribution in [-0.2, 0) is 31.6 Å². The Kier molecular flexibility index (Phi) is 7.69. The van der Waals surface area contributed by atoms with E-state index in [2.05, 4.69) is 18.1 Å². The molecule has 2 rings (SSSR count). The number of ether oxygens (including phenoxy) is 1. The second-order valence-electron chi connectivity index (χ2n) is 6.19. The summed E-state index contributed by atoms with van der Waals surface area (Å²) in [6.07, 6.45) is 1.23. The summed E-state index contributed by atoms with van der Waals surface area (Å²) in [5.74, 6) is -2.13. The summed E-state index contributed by atoms with van der Waals surface area (Å²) in [4.78, 5) is 39.3. The van der Waals surface area contributed by atoms with E-state index >= 15 is 8.78 Å². The van der Waals surface area contributed by atoms with E-state index in [1.54, 1.807) is 0 Å². The van der Waals surface area contributed by atoms with Crippen molar-refractivity contribution >= 4 is 35.7 Å². The number of rotatable bonds is 8. The number of nitrogens with zero attached hydrogens (tertiary/aromatic N) is 2. The molecule has 0 amide bonds. The second kappa shape index (κ2) is 9.01. The molecule has 0 spiro atoms. The zero-order valence-corrected chi connectivity index (χ0v) is 19.1. The van der Waals surface area contributed by atoms with E-state index in [-0.39, 0.29) is 4.77 Å². The minimum atomic E-state index is -5.90. The Morgan fingerprint density at radius 2 is 1.88 bits per heavy atom. The van der Waals surface area contributed by atoms with Gasteiger partial charge in [0, 0.05) is 11.9 Å². The third kappa shape index (κ3) is 6.13. The molecule has 14 nitrogen and oxygen atoms in total. The number of aliphatic hydroxyl groups excluding tert-OH is 1. The Hall–Kier alpha value is -0.950. The minimum absolute atomic E-state index is 0.323. The Balaban J connectivity index is 2.27. The van der Waals surface area contributed by atoms with Crippen LogP contribution in [0.1, 0.15) is 11.9 Å². The Morgan fingerprint density at radius 3 is 2.38 bits per heavy atom. The molecule has 0 radical (unpaired) electrons. The quantitative estimate of drug-likeness (QED) is 0.178. The summed E-state index contributed by atoms with van der Waals surface area (Å²) < 4.78 is 80.4. The van der Waals surface area contributed by atoms with E-state index in [0.717, 1.165) is 10.8 Å². The number of aliphatic hydroxyl groups is 1. The molecule has 6 unspecified atom stereocenters. The molecule has 0 saturated carbocycles. The summed E-state index contributed by atoms with van der Waals surface area (Å²) in [5, 5.41) is 10.1. The standard InChI is InChI=1S/C12H15F2N2O12P3S/c1-3-11(13)8(17)12(14,26-9(11)16-5-4-7(2)15-10(16)32)6-25-30(21,22)28-31(23,24)27-29(18,19)20/h1,4-5,8-9,17H,6H2,2H3,(H,21,22)(H,23,24)(H2,18,19,20). The molecule has 0 bridgehead atoms. The highest BCUT2D eigenvalue weighted by atomic mass is 32.1. The van der Waals surface area contributed by atoms with E-state index < -0.39 is 53.9 Å². The van der Waals surface area contributed by atoms with Crippen LogP contribution >= 0.6 is 35.7 Å². The van der Waals surface area contributed by atoms with Crippen LogP contribution in [0.3, 0.4) is 0 Å². The lowest BCUT2D eigenvalue weighted by Crippen LogP contribution is -2.47. The number of aryl methyl sites for hydroxylation is 1. The molecule has 2 heterocycles. The lowest BCUT2D eigenvalue weighted by atomic mass is 9.96. The van der Waals surface area contributed by atoms with Crippen LogP contribution in [-0.4, -0.2) is 58.5 Å². The molecule has 6 atom stereocenters. The fraction of sp³-hybridized carbons (Fsp3) is 0.500. The molecule has 5 N–H and O–H groups in total. The van der Waals surface area contributed by atoms with Crippen molar-refractivity contribution in [3.8, 4) is 12.3 Å². The van der Waals surface area contributed by atoms with Crippen molar-refractivity contribution in [3.63, 3.8) is 0 Å². The van der Waals surface area contributed by atoms with Gasteiger partial charge >= 0.3 is 23.5 Å². The van der Waals surface area contributed by atoms with E-state index in [9.17, 15) is 23.7 Å². The van der Waals surface area contributed by atoms with Crippen LogP contribution < -0.4 is 0 Å². The van der Waals surface area contributed by atoms with Crippen molar-refractivity contribution in [1.82, 2.24) is 9.55 Å². The largest absolute Gasteiger partial charge is 0.490 e. The van der Waals surface area contributed by atoms with Crippen molar-refractivity contribution in [1.29, 1.82) is 0 Å². The van der Waals surface area contributed by atoms with Gasteiger partial charge < -0.3 is 29.4 Å². The highest BCUT2D eigenvalue weighted by Crippen LogP contribution is 2.66. The molecule has 0 aliphatic carbocycles. The summed E-state index contributed by atoms with van der Waals surface area (Å²) in [6.45, 7) is -0.273. The van der Waals surface area contributed by atoms with Crippen molar-refractivity contribution in [3.05, 3.63) is 22.7 Å². The van der Waals surface area contributed by atoms with Gasteiger partial charge in [0.05, 0.1) is 0 Å². The topological polar surface area (TPSA) is 207 Å². The molecular formula is C12H15F2N2O12P3S.